The number of nitrogens with one attached hydrogen (secondary N) is 3. The molecule has 4 N–H and O–H groups in total. The van der Waals surface area contributed by atoms with Crippen LogP contribution in [0.4, 0.5) is 0 Å². The second kappa shape index (κ2) is 29.0. The number of likely N-dealkylation sites (N-methyl/N-ethyl adjacent to an activating group) is 4. The highest BCUT2D eigenvalue weighted by Gasteiger charge is 2.46. The van der Waals surface area contributed by atoms with Crippen LogP contribution in [0.25, 0.3) is 0 Å². The lowest BCUT2D eigenvalue weighted by Gasteiger charge is -2.37. The minimum Gasteiger partial charge on any atom is -0.450 e. The quantitative estimate of drug-likeness (QED) is 0.210. The van der Waals surface area contributed by atoms with E-state index in [9.17, 15) is 38.7 Å². The molecule has 2 heterocycles. The minimum atomic E-state index is -1.67. The lowest BCUT2D eigenvalue weighted by atomic mass is 9.94. The Morgan fingerprint density at radius 2 is 1.03 bits per heavy atom. The number of cyclic esters (lactones) is 1. The van der Waals surface area contributed by atoms with Gasteiger partial charge in [-0.2, -0.15) is 0 Å². The maximum absolute atomic E-state index is 15.3. The van der Waals surface area contributed by atoms with E-state index in [1.807, 2.05) is 57.2 Å². The highest BCUT2D eigenvalue weighted by molar-refractivity contribution is 5.99. The summed E-state index contributed by atoms with van der Waals surface area (Å²) in [5.41, 5.74) is 1.42. The van der Waals surface area contributed by atoms with E-state index in [1.165, 1.54) is 54.7 Å². The van der Waals surface area contributed by atoms with E-state index < -0.39 is 137 Å². The Morgan fingerprint density at radius 3 is 1.51 bits per heavy atom. The topological polar surface area (TPSA) is 235 Å². The molecule has 78 heavy (non-hydrogen) atoms. The van der Waals surface area contributed by atoms with Gasteiger partial charge < -0.3 is 50.3 Å². The molecule has 0 spiro atoms. The number of nitrogens with zero attached hydrogens (tertiary/aromatic N) is 5. The van der Waals surface area contributed by atoms with Crippen LogP contribution in [0.1, 0.15) is 119 Å². The monoisotopic (exact) mass is 1090 g/mol. The van der Waals surface area contributed by atoms with Gasteiger partial charge in [-0.05, 0) is 67.4 Å². The Kier molecular flexibility index (Phi) is 23.9. The fourth-order valence-corrected chi connectivity index (χ4v) is 10.7. The molecule has 432 valence electrons. The Hall–Kier alpha value is -6.37. The zero-order valence-corrected chi connectivity index (χ0v) is 48.9. The van der Waals surface area contributed by atoms with E-state index in [0.29, 0.717) is 24.8 Å². The molecule has 12 atom stereocenters. The number of aliphatic hydroxyl groups is 1. The first-order chi connectivity index (χ1) is 36.7. The van der Waals surface area contributed by atoms with Gasteiger partial charge in [-0.1, -0.05) is 136 Å². The second-order valence-electron chi connectivity index (χ2n) is 22.8. The third kappa shape index (κ3) is 15.9. The van der Waals surface area contributed by atoms with Crippen molar-refractivity contribution >= 4 is 53.2 Å². The van der Waals surface area contributed by atoms with Gasteiger partial charge in [-0.25, -0.2) is 4.79 Å². The van der Waals surface area contributed by atoms with Crippen molar-refractivity contribution in [2.24, 2.45) is 29.6 Å². The highest BCUT2D eigenvalue weighted by Crippen LogP contribution is 2.26. The van der Waals surface area contributed by atoms with Gasteiger partial charge in [0.1, 0.15) is 42.3 Å². The average molecular weight is 1090 g/mol. The molecule has 4 rings (SSSR count). The Balaban J connectivity index is 1.96. The molecule has 0 radical (unpaired) electrons. The molecule has 2 aromatic carbocycles. The van der Waals surface area contributed by atoms with E-state index in [4.69, 9.17) is 4.74 Å². The summed E-state index contributed by atoms with van der Waals surface area (Å²) in [5.74, 6) is -8.58. The molecule has 19 nitrogen and oxygen atoms in total. The third-order valence-corrected chi connectivity index (χ3v) is 15.6. The number of fused-ring (bicyclic) bond motifs is 1. The summed E-state index contributed by atoms with van der Waals surface area (Å²) < 4.78 is 6.03. The molecule has 0 saturated carbocycles. The van der Waals surface area contributed by atoms with Crippen molar-refractivity contribution < 1.29 is 53.0 Å². The summed E-state index contributed by atoms with van der Waals surface area (Å²) in [6, 6.07) is 8.20. The van der Waals surface area contributed by atoms with Gasteiger partial charge in [0.15, 0.2) is 12.1 Å². The van der Waals surface area contributed by atoms with Gasteiger partial charge in [0.25, 0.3) is 5.91 Å². The Morgan fingerprint density at radius 1 is 0.551 bits per heavy atom. The molecular weight excluding hydrogens is 997 g/mol. The van der Waals surface area contributed by atoms with Crippen LogP contribution in [0, 0.1) is 29.6 Å². The SMILES string of the molecule is CC[C@H](C)[C@@H]1NC(=O)C2CCCN2C(=O)[C@H](Cc2ccccc2)N(C)C(=O)[C@H](Cc2ccccc2)NC(=O)[C@H](C(C)C)N(C)C(=O)[C@@H]([C@@H](C)CC)OC(=O)[C@@H]([C@@H](C)O)N(C)C(=O)[C@H](CC(C)C)NC(=O)[C@H](C(C)C)N(C)C1=O. The van der Waals surface area contributed by atoms with Crippen molar-refractivity contribution in [2.75, 3.05) is 34.7 Å². The summed E-state index contributed by atoms with van der Waals surface area (Å²) in [6.45, 7) is 19.3. The number of ether oxygens (including phenoxy) is 1. The lowest BCUT2D eigenvalue weighted by Crippen LogP contribution is -2.62. The van der Waals surface area contributed by atoms with Crippen LogP contribution >= 0.6 is 0 Å². The molecule has 2 fully saturated rings. The fraction of sp³-hybridized carbons (Fsp3) is 0.644. The number of esters is 1. The molecule has 2 aliphatic heterocycles. The first-order valence-corrected chi connectivity index (χ1v) is 27.9. The molecule has 19 heteroatoms. The largest absolute Gasteiger partial charge is 0.450 e. The van der Waals surface area contributed by atoms with E-state index in [2.05, 4.69) is 16.0 Å². The second-order valence-corrected chi connectivity index (χ2v) is 22.8. The molecular formula is C59H90N8O11. The molecule has 2 aliphatic rings. The summed E-state index contributed by atoms with van der Waals surface area (Å²) in [4.78, 5) is 140. The summed E-state index contributed by atoms with van der Waals surface area (Å²) in [7, 11) is 5.66. The van der Waals surface area contributed by atoms with E-state index in [0.717, 1.165) is 10.5 Å². The first kappa shape index (κ1) is 64.2. The van der Waals surface area contributed by atoms with Crippen LogP contribution in [-0.4, -0.2) is 178 Å². The maximum Gasteiger partial charge on any atom is 0.332 e. The van der Waals surface area contributed by atoms with Crippen molar-refractivity contribution in [1.82, 2.24) is 40.4 Å². The summed E-state index contributed by atoms with van der Waals surface area (Å²) in [5, 5.41) is 20.0. The Bertz CT molecular complexity index is 2380. The normalized spacial score (nSPS) is 26.9. The predicted molar refractivity (Wildman–Crippen MR) is 297 cm³/mol. The number of rotatable bonds is 13. The van der Waals surface area contributed by atoms with E-state index >= 15 is 9.59 Å². The van der Waals surface area contributed by atoms with Gasteiger partial charge in [-0.3, -0.25) is 38.4 Å². The number of benzene rings is 2. The van der Waals surface area contributed by atoms with Gasteiger partial charge in [0, 0.05) is 53.5 Å². The number of carbonyl (C=O) groups excluding carboxylic acids is 9. The van der Waals surface area contributed by atoms with Gasteiger partial charge in [0.05, 0.1) is 6.10 Å². The summed E-state index contributed by atoms with van der Waals surface area (Å²) >= 11 is 0. The van der Waals surface area contributed by atoms with Crippen LogP contribution in [-0.2, 0) is 60.7 Å². The fourth-order valence-electron chi connectivity index (χ4n) is 10.7. The first-order valence-electron chi connectivity index (χ1n) is 27.9. The van der Waals surface area contributed by atoms with Gasteiger partial charge in [-0.15, -0.1) is 0 Å². The van der Waals surface area contributed by atoms with Crippen LogP contribution in [0.3, 0.4) is 0 Å². The molecule has 8 amide bonds. The van der Waals surface area contributed by atoms with Crippen molar-refractivity contribution in [3.05, 3.63) is 71.8 Å². The molecule has 2 saturated heterocycles. The molecule has 2 aromatic rings. The standard InChI is InChI=1S/C59H90N8O11/c1-16-37(9)46-57(75)64(13)47(35(5)6)52(70)60-42(31-34(3)4)55(73)66(15)49(39(11)68)59(77)78-50(38(10)17-2)58(76)65(14)48(36(7)8)53(71)61-43(32-40-25-20-18-21-26-40)54(72)63(12)45(33-41-27-22-19-23-28-41)56(74)67-30-24-29-44(67)51(69)62-46/h18-23,25-28,34-39,42-50,68H,16-17,24,29-33H2,1-15H3,(H,60,70)(H,61,71)(H,62,69)/t37-,38-,39+,42-,43-,44?,45-,46-,47-,48-,49+,50+/m0/s1. The molecule has 0 aliphatic carbocycles. The highest BCUT2D eigenvalue weighted by atomic mass is 16.6. The number of amides is 8. The van der Waals surface area contributed by atoms with Crippen molar-refractivity contribution in [1.29, 1.82) is 0 Å². The maximum atomic E-state index is 15.3. The van der Waals surface area contributed by atoms with E-state index in [-0.39, 0.29) is 38.1 Å². The number of aliphatic hydroxyl groups excluding tert-OH is 1. The Labute approximate surface area is 462 Å². The number of carbonyl (C=O) groups is 9. The molecule has 0 aromatic heterocycles. The average Bonchev–Trinajstić information content (AvgIpc) is 3.91. The van der Waals surface area contributed by atoms with Crippen LogP contribution in [0.15, 0.2) is 60.7 Å². The lowest BCUT2D eigenvalue weighted by molar-refractivity contribution is -0.173. The third-order valence-electron chi connectivity index (χ3n) is 15.6. The molecule has 1 unspecified atom stereocenters. The zero-order chi connectivity index (χ0) is 58.5. The van der Waals surface area contributed by atoms with Crippen LogP contribution in [0.2, 0.25) is 0 Å². The number of hydrogen-bond acceptors (Lipinski definition) is 11. The summed E-state index contributed by atoms with van der Waals surface area (Å²) in [6.07, 6.45) is -1.39. The predicted octanol–water partition coefficient (Wildman–Crippen LogP) is 3.98. The zero-order valence-electron chi connectivity index (χ0n) is 48.9. The smallest absolute Gasteiger partial charge is 0.332 e. The van der Waals surface area contributed by atoms with Gasteiger partial charge >= 0.3 is 5.97 Å². The van der Waals surface area contributed by atoms with Crippen molar-refractivity contribution in [2.45, 2.75) is 182 Å². The minimum absolute atomic E-state index is 0.00438. The van der Waals surface area contributed by atoms with E-state index in [1.54, 1.807) is 72.7 Å². The van der Waals surface area contributed by atoms with Gasteiger partial charge in [0.2, 0.25) is 41.4 Å². The van der Waals surface area contributed by atoms with Crippen molar-refractivity contribution in [3.63, 3.8) is 0 Å². The van der Waals surface area contributed by atoms with Crippen molar-refractivity contribution in [3.8, 4) is 0 Å². The van der Waals surface area contributed by atoms with Crippen LogP contribution in [0.5, 0.6) is 0 Å². The van der Waals surface area contributed by atoms with Crippen LogP contribution < -0.4 is 16.0 Å². The molecule has 0 bridgehead atoms. The number of hydrogen-bond donors (Lipinski definition) is 4.